The van der Waals surface area contributed by atoms with E-state index in [-0.39, 0.29) is 11.9 Å². The minimum absolute atomic E-state index is 0.0753. The maximum absolute atomic E-state index is 13.1. The van der Waals surface area contributed by atoms with Crippen molar-refractivity contribution in [3.05, 3.63) is 47.3 Å². The molecule has 126 valence electrons. The Bertz CT molecular complexity index is 752. The lowest BCUT2D eigenvalue weighted by molar-refractivity contribution is 0.0736. The van der Waals surface area contributed by atoms with Crippen LogP contribution in [0.3, 0.4) is 0 Å². The summed E-state index contributed by atoms with van der Waals surface area (Å²) in [6, 6.07) is 10.3. The number of likely N-dealkylation sites (tertiary alicyclic amines) is 1. The van der Waals surface area contributed by atoms with Crippen molar-refractivity contribution < 1.29 is 4.79 Å². The first-order chi connectivity index (χ1) is 11.7. The van der Waals surface area contributed by atoms with Gasteiger partial charge in [-0.25, -0.2) is 4.68 Å². The van der Waals surface area contributed by atoms with Gasteiger partial charge >= 0.3 is 0 Å². The van der Waals surface area contributed by atoms with Crippen LogP contribution in [-0.2, 0) is 12.8 Å². The van der Waals surface area contributed by atoms with Crippen LogP contribution in [0, 0.1) is 5.92 Å². The first kappa shape index (κ1) is 15.4. The number of fused-ring (bicyclic) bond motifs is 1. The van der Waals surface area contributed by atoms with Crippen molar-refractivity contribution in [1.29, 1.82) is 0 Å². The number of nitrogens with zero attached hydrogens (tertiary/aromatic N) is 3. The highest BCUT2D eigenvalue weighted by molar-refractivity contribution is 5.94. The Morgan fingerprint density at radius 2 is 2.08 bits per heavy atom. The molecule has 2 aromatic rings. The Labute approximate surface area is 142 Å². The monoisotopic (exact) mass is 324 g/mol. The van der Waals surface area contributed by atoms with Crippen molar-refractivity contribution in [3.63, 3.8) is 0 Å². The third kappa shape index (κ3) is 2.44. The number of amides is 1. The van der Waals surface area contributed by atoms with E-state index in [0.717, 1.165) is 43.5 Å². The molecule has 1 aliphatic carbocycles. The summed E-state index contributed by atoms with van der Waals surface area (Å²) in [5, 5.41) is 4.73. The van der Waals surface area contributed by atoms with Crippen LogP contribution in [0.15, 0.2) is 30.3 Å². The van der Waals surface area contributed by atoms with Gasteiger partial charge in [0, 0.05) is 23.8 Å². The third-order valence-electron chi connectivity index (χ3n) is 5.39. The van der Waals surface area contributed by atoms with E-state index in [1.54, 1.807) is 0 Å². The molecular formula is C19H24N4O. The Morgan fingerprint density at radius 1 is 1.29 bits per heavy atom. The van der Waals surface area contributed by atoms with Crippen molar-refractivity contribution in [2.45, 2.75) is 38.6 Å². The zero-order chi connectivity index (χ0) is 16.7. The van der Waals surface area contributed by atoms with Gasteiger partial charge in [-0.1, -0.05) is 18.2 Å². The van der Waals surface area contributed by atoms with E-state index in [0.29, 0.717) is 18.2 Å². The summed E-state index contributed by atoms with van der Waals surface area (Å²) in [6.07, 6.45) is 4.03. The summed E-state index contributed by atoms with van der Waals surface area (Å²) < 4.78 is 1.97. The quantitative estimate of drug-likeness (QED) is 0.941. The predicted octanol–water partition coefficient (Wildman–Crippen LogP) is 2.17. The molecule has 24 heavy (non-hydrogen) atoms. The second-order valence-electron chi connectivity index (χ2n) is 7.02. The smallest absolute Gasteiger partial charge is 0.274 e. The van der Waals surface area contributed by atoms with Gasteiger partial charge in [0.15, 0.2) is 5.69 Å². The Kier molecular flexibility index (Phi) is 3.88. The number of carbonyl (C=O) groups is 1. The molecule has 2 N–H and O–H groups in total. The number of carbonyl (C=O) groups excluding carboxylic acids is 1. The van der Waals surface area contributed by atoms with E-state index in [2.05, 4.69) is 6.92 Å². The van der Waals surface area contributed by atoms with E-state index >= 15 is 0 Å². The van der Waals surface area contributed by atoms with Crippen LogP contribution in [0.4, 0.5) is 0 Å². The van der Waals surface area contributed by atoms with E-state index in [9.17, 15) is 4.79 Å². The van der Waals surface area contributed by atoms with Crippen LogP contribution in [-0.4, -0.2) is 39.7 Å². The van der Waals surface area contributed by atoms with E-state index in [4.69, 9.17) is 10.8 Å². The molecule has 0 bridgehead atoms. The molecular weight excluding hydrogens is 300 g/mol. The summed E-state index contributed by atoms with van der Waals surface area (Å²) in [5.41, 5.74) is 9.84. The molecule has 5 heteroatoms. The largest absolute Gasteiger partial charge is 0.334 e. The van der Waals surface area contributed by atoms with Gasteiger partial charge in [0.1, 0.15) is 0 Å². The van der Waals surface area contributed by atoms with Crippen LogP contribution < -0.4 is 5.73 Å². The van der Waals surface area contributed by atoms with Gasteiger partial charge in [-0.15, -0.1) is 0 Å². The van der Waals surface area contributed by atoms with Gasteiger partial charge in [-0.2, -0.15) is 5.10 Å². The van der Waals surface area contributed by atoms with E-state index in [1.807, 2.05) is 39.9 Å². The number of rotatable bonds is 3. The molecule has 1 aromatic carbocycles. The van der Waals surface area contributed by atoms with Crippen molar-refractivity contribution in [2.24, 2.45) is 11.7 Å². The molecule has 4 rings (SSSR count). The fourth-order valence-electron chi connectivity index (χ4n) is 4.12. The van der Waals surface area contributed by atoms with Crippen molar-refractivity contribution in [3.8, 4) is 5.69 Å². The minimum Gasteiger partial charge on any atom is -0.334 e. The van der Waals surface area contributed by atoms with Gasteiger partial charge in [-0.3, -0.25) is 4.79 Å². The molecule has 1 amide bonds. The molecule has 1 fully saturated rings. The number of benzene rings is 1. The zero-order valence-electron chi connectivity index (χ0n) is 14.1. The lowest BCUT2D eigenvalue weighted by atomic mass is 10.1. The maximum Gasteiger partial charge on any atom is 0.274 e. The summed E-state index contributed by atoms with van der Waals surface area (Å²) in [7, 11) is 0. The fraction of sp³-hybridized carbons (Fsp3) is 0.474. The van der Waals surface area contributed by atoms with E-state index < -0.39 is 0 Å². The van der Waals surface area contributed by atoms with Crippen molar-refractivity contribution in [1.82, 2.24) is 14.7 Å². The Morgan fingerprint density at radius 3 is 2.79 bits per heavy atom. The van der Waals surface area contributed by atoms with Gasteiger partial charge in [0.25, 0.3) is 5.91 Å². The number of para-hydroxylation sites is 1. The molecule has 2 aliphatic rings. The first-order valence-electron chi connectivity index (χ1n) is 8.86. The third-order valence-corrected chi connectivity index (χ3v) is 5.39. The number of aromatic nitrogens is 2. The molecule has 2 heterocycles. The van der Waals surface area contributed by atoms with Crippen molar-refractivity contribution in [2.75, 3.05) is 13.1 Å². The molecule has 1 saturated heterocycles. The lowest BCUT2D eigenvalue weighted by Crippen LogP contribution is -2.35. The Balaban J connectivity index is 1.71. The Hall–Kier alpha value is -2.14. The predicted molar refractivity (Wildman–Crippen MR) is 93.2 cm³/mol. The lowest BCUT2D eigenvalue weighted by Gasteiger charge is -2.20. The maximum atomic E-state index is 13.1. The molecule has 1 aromatic heterocycles. The summed E-state index contributed by atoms with van der Waals surface area (Å²) in [4.78, 5) is 15.1. The average Bonchev–Trinajstić information content (AvgIpc) is 3.29. The highest BCUT2D eigenvalue weighted by Gasteiger charge is 2.36. The van der Waals surface area contributed by atoms with Gasteiger partial charge < -0.3 is 10.6 Å². The molecule has 0 spiro atoms. The van der Waals surface area contributed by atoms with E-state index in [1.165, 1.54) is 5.69 Å². The summed E-state index contributed by atoms with van der Waals surface area (Å²) in [6.45, 7) is 3.51. The topological polar surface area (TPSA) is 64.2 Å². The second kappa shape index (κ2) is 6.06. The molecule has 5 nitrogen and oxygen atoms in total. The number of hydrogen-bond acceptors (Lipinski definition) is 3. The molecule has 0 radical (unpaired) electrons. The summed E-state index contributed by atoms with van der Waals surface area (Å²) in [5.74, 6) is 0.486. The van der Waals surface area contributed by atoms with Crippen LogP contribution in [0.1, 0.15) is 41.5 Å². The van der Waals surface area contributed by atoms with Gasteiger partial charge in [0.05, 0.1) is 5.69 Å². The zero-order valence-corrected chi connectivity index (χ0v) is 14.1. The first-order valence-corrected chi connectivity index (χ1v) is 8.86. The normalized spacial score (nSPS) is 22.8. The second-order valence-corrected chi connectivity index (χ2v) is 7.02. The van der Waals surface area contributed by atoms with Gasteiger partial charge in [-0.05, 0) is 57.2 Å². The number of nitrogens with two attached hydrogens (primary N) is 1. The van der Waals surface area contributed by atoms with Crippen molar-refractivity contribution >= 4 is 5.91 Å². The van der Waals surface area contributed by atoms with Crippen LogP contribution in [0.2, 0.25) is 0 Å². The molecule has 2 atom stereocenters. The fourth-order valence-corrected chi connectivity index (χ4v) is 4.12. The average molecular weight is 324 g/mol. The van der Waals surface area contributed by atoms with Crippen LogP contribution >= 0.6 is 0 Å². The van der Waals surface area contributed by atoms with Crippen LogP contribution in [0.25, 0.3) is 5.69 Å². The van der Waals surface area contributed by atoms with Gasteiger partial charge in [0.2, 0.25) is 0 Å². The van der Waals surface area contributed by atoms with Crippen LogP contribution in [0.5, 0.6) is 0 Å². The highest BCUT2D eigenvalue weighted by Crippen LogP contribution is 2.31. The SMILES string of the molecule is CC1CC(CN)CN1C(=O)c1nn(-c2ccccc2)c2c1CCC2. The standard InChI is InChI=1S/C19H24N4O/c1-13-10-14(11-20)12-22(13)19(24)18-16-8-5-9-17(16)23(21-18)15-6-3-2-4-7-15/h2-4,6-7,13-14H,5,8-12,20H2,1H3. The number of hydrogen-bond donors (Lipinski definition) is 1. The molecule has 0 saturated carbocycles. The highest BCUT2D eigenvalue weighted by atomic mass is 16.2. The molecule has 2 unspecified atom stereocenters. The summed E-state index contributed by atoms with van der Waals surface area (Å²) >= 11 is 0. The molecule has 1 aliphatic heterocycles. The minimum atomic E-state index is 0.0753.